The molecule has 1 rings (SSSR count). The van der Waals surface area contributed by atoms with E-state index in [9.17, 15) is 20.2 Å². The van der Waals surface area contributed by atoms with E-state index in [4.69, 9.17) is 11.1 Å². The number of nitro benzene ring substituents is 2. The summed E-state index contributed by atoms with van der Waals surface area (Å²) in [5.74, 6) is 0.129. The number of benzene rings is 1. The van der Waals surface area contributed by atoms with Crippen LogP contribution in [0.1, 0.15) is 5.56 Å². The third-order valence-corrected chi connectivity index (χ3v) is 2.63. The highest BCUT2D eigenvalue weighted by molar-refractivity contribution is 8.13. The van der Waals surface area contributed by atoms with Crippen molar-refractivity contribution in [3.05, 3.63) is 44.0 Å². The molecule has 18 heavy (non-hydrogen) atoms. The Kier molecular flexibility index (Phi) is 6.06. The molecule has 0 unspecified atom stereocenters. The van der Waals surface area contributed by atoms with Crippen molar-refractivity contribution in [2.45, 2.75) is 5.75 Å². The first kappa shape index (κ1) is 16.1. The van der Waals surface area contributed by atoms with Gasteiger partial charge in [0.1, 0.15) is 0 Å². The Labute approximate surface area is 112 Å². The molecule has 0 aliphatic rings. The van der Waals surface area contributed by atoms with E-state index in [1.165, 1.54) is 12.1 Å². The van der Waals surface area contributed by atoms with Crippen molar-refractivity contribution < 1.29 is 22.3 Å². The molecule has 0 saturated heterocycles. The second-order valence-corrected chi connectivity index (χ2v) is 4.00. The SMILES string of the molecule is N=C(N)SCc1ccc([N+](=O)[O-])cc1[N+](=O)[O-].[Cl-]. The van der Waals surface area contributed by atoms with E-state index in [0.29, 0.717) is 5.56 Å². The quantitative estimate of drug-likeness (QED) is 0.304. The van der Waals surface area contributed by atoms with Crippen molar-refractivity contribution in [2.75, 3.05) is 0 Å². The molecule has 0 aliphatic carbocycles. The van der Waals surface area contributed by atoms with Crippen molar-refractivity contribution in [1.29, 1.82) is 5.41 Å². The number of rotatable bonds is 4. The van der Waals surface area contributed by atoms with E-state index in [-0.39, 0.29) is 34.7 Å². The van der Waals surface area contributed by atoms with Gasteiger partial charge in [0.25, 0.3) is 11.4 Å². The van der Waals surface area contributed by atoms with Gasteiger partial charge in [0.15, 0.2) is 5.17 Å². The third-order valence-electron chi connectivity index (χ3n) is 1.86. The van der Waals surface area contributed by atoms with Crippen LogP contribution in [0.3, 0.4) is 0 Å². The van der Waals surface area contributed by atoms with Crippen LogP contribution >= 0.6 is 11.8 Å². The summed E-state index contributed by atoms with van der Waals surface area (Å²) in [6.07, 6.45) is 0. The van der Waals surface area contributed by atoms with Crippen LogP contribution in [0.4, 0.5) is 11.4 Å². The number of amidine groups is 1. The van der Waals surface area contributed by atoms with Crippen LogP contribution in [-0.2, 0) is 5.75 Å². The van der Waals surface area contributed by atoms with E-state index in [1.54, 1.807) is 0 Å². The third kappa shape index (κ3) is 4.18. The molecule has 0 aromatic heterocycles. The summed E-state index contributed by atoms with van der Waals surface area (Å²) in [5.41, 5.74) is 4.73. The van der Waals surface area contributed by atoms with Crippen LogP contribution in [0.25, 0.3) is 0 Å². The van der Waals surface area contributed by atoms with Crippen molar-refractivity contribution in [1.82, 2.24) is 0 Å². The monoisotopic (exact) mass is 291 g/mol. The van der Waals surface area contributed by atoms with Gasteiger partial charge >= 0.3 is 0 Å². The largest absolute Gasteiger partial charge is 1.00 e. The normalized spacial score (nSPS) is 9.33. The molecule has 1 aromatic carbocycles. The summed E-state index contributed by atoms with van der Waals surface area (Å²) in [7, 11) is 0. The topological polar surface area (TPSA) is 136 Å². The highest BCUT2D eigenvalue weighted by Crippen LogP contribution is 2.27. The van der Waals surface area contributed by atoms with E-state index in [0.717, 1.165) is 17.8 Å². The summed E-state index contributed by atoms with van der Waals surface area (Å²) in [6, 6.07) is 3.38. The van der Waals surface area contributed by atoms with Gasteiger partial charge in [0.2, 0.25) is 0 Å². The number of nitro groups is 2. The van der Waals surface area contributed by atoms with Crippen LogP contribution in [0, 0.1) is 25.6 Å². The molecule has 0 amide bonds. The van der Waals surface area contributed by atoms with Gasteiger partial charge in [-0.15, -0.1) is 0 Å². The Morgan fingerprint density at radius 3 is 2.39 bits per heavy atom. The van der Waals surface area contributed by atoms with Gasteiger partial charge < -0.3 is 18.1 Å². The van der Waals surface area contributed by atoms with Crippen LogP contribution in [0.5, 0.6) is 0 Å². The summed E-state index contributed by atoms with van der Waals surface area (Å²) < 4.78 is 0. The van der Waals surface area contributed by atoms with Crippen LogP contribution in [-0.4, -0.2) is 15.0 Å². The van der Waals surface area contributed by atoms with Crippen molar-refractivity contribution in [3.63, 3.8) is 0 Å². The number of nitrogens with zero attached hydrogens (tertiary/aromatic N) is 2. The highest BCUT2D eigenvalue weighted by atomic mass is 35.5. The maximum Gasteiger partial charge on any atom is 0.280 e. The van der Waals surface area contributed by atoms with E-state index < -0.39 is 9.85 Å². The average molecular weight is 292 g/mol. The summed E-state index contributed by atoms with van der Waals surface area (Å²) in [5, 5.41) is 28.0. The number of hydrogen-bond donors (Lipinski definition) is 2. The maximum atomic E-state index is 10.7. The Morgan fingerprint density at radius 1 is 1.33 bits per heavy atom. The van der Waals surface area contributed by atoms with Gasteiger partial charge in [-0.3, -0.25) is 25.6 Å². The smallest absolute Gasteiger partial charge is 0.280 e. The number of thioether (sulfide) groups is 1. The van der Waals surface area contributed by atoms with Crippen LogP contribution in [0.15, 0.2) is 18.2 Å². The molecular formula is C8H8ClN4O4S-. The van der Waals surface area contributed by atoms with Gasteiger partial charge in [-0.05, 0) is 6.07 Å². The molecule has 8 nitrogen and oxygen atoms in total. The van der Waals surface area contributed by atoms with Gasteiger partial charge in [-0.2, -0.15) is 0 Å². The molecular weight excluding hydrogens is 284 g/mol. The second-order valence-electron chi connectivity index (χ2n) is 2.98. The maximum absolute atomic E-state index is 10.7. The fourth-order valence-corrected chi connectivity index (χ4v) is 1.67. The minimum absolute atomic E-state index is 0. The lowest BCUT2D eigenvalue weighted by Crippen LogP contribution is -3.00. The molecule has 0 saturated carbocycles. The minimum atomic E-state index is -0.700. The number of non-ortho nitro benzene ring substituents is 1. The van der Waals surface area contributed by atoms with E-state index in [1.807, 2.05) is 0 Å². The molecule has 0 fully saturated rings. The summed E-state index contributed by atoms with van der Waals surface area (Å²) in [4.78, 5) is 19.8. The van der Waals surface area contributed by atoms with Crippen molar-refractivity contribution in [3.8, 4) is 0 Å². The molecule has 10 heteroatoms. The standard InChI is InChI=1S/C8H8N4O4S.ClH/c9-8(10)17-4-5-1-2-6(11(13)14)3-7(5)12(15)16;/h1-3H,4H2,(H3,9,10);1H/p-1. The lowest BCUT2D eigenvalue weighted by molar-refractivity contribution is -0.394. The van der Waals surface area contributed by atoms with Gasteiger partial charge in [-0.1, -0.05) is 11.8 Å². The molecule has 0 heterocycles. The number of halogens is 1. The predicted molar refractivity (Wildman–Crippen MR) is 63.0 cm³/mol. The van der Waals surface area contributed by atoms with Crippen molar-refractivity contribution >= 4 is 28.3 Å². The molecule has 0 atom stereocenters. The molecule has 0 aliphatic heterocycles. The molecule has 0 spiro atoms. The Balaban J connectivity index is 0.00000289. The summed E-state index contributed by atoms with van der Waals surface area (Å²) >= 11 is 0.917. The lowest BCUT2D eigenvalue weighted by Gasteiger charge is -2.01. The molecule has 0 radical (unpaired) electrons. The average Bonchev–Trinajstić information content (AvgIpc) is 2.25. The Morgan fingerprint density at radius 2 is 1.94 bits per heavy atom. The lowest BCUT2D eigenvalue weighted by atomic mass is 10.2. The van der Waals surface area contributed by atoms with E-state index in [2.05, 4.69) is 0 Å². The zero-order valence-corrected chi connectivity index (χ0v) is 10.4. The van der Waals surface area contributed by atoms with Gasteiger partial charge in [-0.25, -0.2) is 0 Å². The second kappa shape index (κ2) is 6.77. The fraction of sp³-hybridized carbons (Fsp3) is 0.125. The molecule has 0 bridgehead atoms. The van der Waals surface area contributed by atoms with Crippen LogP contribution < -0.4 is 18.1 Å². The first-order chi connectivity index (χ1) is 7.91. The first-order valence-corrected chi connectivity index (χ1v) is 5.29. The van der Waals surface area contributed by atoms with E-state index >= 15 is 0 Å². The van der Waals surface area contributed by atoms with Crippen molar-refractivity contribution in [2.24, 2.45) is 5.73 Å². The fourth-order valence-electron chi connectivity index (χ4n) is 1.11. The van der Waals surface area contributed by atoms with Crippen LogP contribution in [0.2, 0.25) is 0 Å². The Hall–Kier alpha value is -1.87. The minimum Gasteiger partial charge on any atom is -1.00 e. The molecule has 1 aromatic rings. The molecule has 3 N–H and O–H groups in total. The number of nitrogens with one attached hydrogen (secondary N) is 1. The predicted octanol–water partition coefficient (Wildman–Crippen LogP) is -1.37. The highest BCUT2D eigenvalue weighted by Gasteiger charge is 2.19. The Bertz CT molecular complexity index is 496. The number of hydrogen-bond acceptors (Lipinski definition) is 6. The first-order valence-electron chi connectivity index (χ1n) is 4.30. The molecule has 98 valence electrons. The van der Waals surface area contributed by atoms with Gasteiger partial charge in [0, 0.05) is 17.4 Å². The zero-order valence-electron chi connectivity index (χ0n) is 8.83. The zero-order chi connectivity index (χ0) is 13.0. The number of nitrogens with two attached hydrogens (primary N) is 1. The van der Waals surface area contributed by atoms with Gasteiger partial charge in [0.05, 0.1) is 15.9 Å². The summed E-state index contributed by atoms with van der Waals surface area (Å²) in [6.45, 7) is 0.